The summed E-state index contributed by atoms with van der Waals surface area (Å²) >= 11 is 0. The molecule has 2 aliphatic rings. The zero-order chi connectivity index (χ0) is 22.1. The third-order valence-electron chi connectivity index (χ3n) is 5.73. The Balaban J connectivity index is 1.40. The Morgan fingerprint density at radius 2 is 2.00 bits per heavy atom. The summed E-state index contributed by atoms with van der Waals surface area (Å²) in [6.45, 7) is 0.107. The lowest BCUT2D eigenvalue weighted by Gasteiger charge is -2.17. The predicted octanol–water partition coefficient (Wildman–Crippen LogP) is 2.94. The Labute approximate surface area is 184 Å². The van der Waals surface area contributed by atoms with Crippen LogP contribution in [0.2, 0.25) is 0 Å². The summed E-state index contributed by atoms with van der Waals surface area (Å²) in [6.07, 6.45) is 10.8. The number of aliphatic hydroxyl groups excluding tert-OH is 2. The van der Waals surface area contributed by atoms with Gasteiger partial charge in [-0.3, -0.25) is 9.59 Å². The van der Waals surface area contributed by atoms with Crippen molar-refractivity contribution in [3.63, 3.8) is 0 Å². The highest BCUT2D eigenvalue weighted by Crippen LogP contribution is 2.33. The van der Waals surface area contributed by atoms with Crippen molar-refractivity contribution in [2.24, 2.45) is 11.8 Å². The number of Topliss-reactive ketones (excluding diaryl/α,β-unsaturated/α-hetero) is 1. The summed E-state index contributed by atoms with van der Waals surface area (Å²) in [7, 11) is 0. The SMILES string of the molecule is O=C(CCC/C=C\C[C@H]1C(=O)C[C@@H](O)[C@@H]1/C=C/[C@@H](O)COc1ccccc1)NC1CC1. The van der Waals surface area contributed by atoms with E-state index in [1.165, 1.54) is 0 Å². The molecule has 2 aliphatic carbocycles. The second kappa shape index (κ2) is 11.8. The van der Waals surface area contributed by atoms with E-state index in [9.17, 15) is 19.8 Å². The van der Waals surface area contributed by atoms with Crippen molar-refractivity contribution in [1.82, 2.24) is 5.32 Å². The first-order valence-corrected chi connectivity index (χ1v) is 11.2. The van der Waals surface area contributed by atoms with E-state index in [0.717, 1.165) is 25.7 Å². The summed E-state index contributed by atoms with van der Waals surface area (Å²) in [6, 6.07) is 9.65. The largest absolute Gasteiger partial charge is 0.491 e. The number of para-hydroxylation sites is 1. The van der Waals surface area contributed by atoms with Crippen LogP contribution in [0.1, 0.15) is 44.9 Å². The fourth-order valence-corrected chi connectivity index (χ4v) is 3.81. The van der Waals surface area contributed by atoms with Crippen molar-refractivity contribution in [3.8, 4) is 5.75 Å². The van der Waals surface area contributed by atoms with Crippen LogP contribution >= 0.6 is 0 Å². The van der Waals surface area contributed by atoms with Gasteiger partial charge in [0.15, 0.2) is 0 Å². The number of carbonyl (C=O) groups excluding carboxylic acids is 2. The normalized spacial score (nSPS) is 24.7. The number of ether oxygens (including phenoxy) is 1. The first-order chi connectivity index (χ1) is 15.0. The Hall–Kier alpha value is -2.44. The number of benzene rings is 1. The van der Waals surface area contributed by atoms with Gasteiger partial charge in [0.05, 0.1) is 6.10 Å². The number of rotatable bonds is 12. The molecule has 31 heavy (non-hydrogen) atoms. The number of allylic oxidation sites excluding steroid dienone is 2. The molecule has 6 heteroatoms. The topological polar surface area (TPSA) is 95.9 Å². The molecule has 4 atom stereocenters. The number of amides is 1. The molecule has 2 saturated carbocycles. The van der Waals surface area contributed by atoms with Crippen LogP contribution in [0.15, 0.2) is 54.6 Å². The third kappa shape index (κ3) is 7.96. The Bertz CT molecular complexity index is 771. The van der Waals surface area contributed by atoms with E-state index in [-0.39, 0.29) is 36.6 Å². The summed E-state index contributed by atoms with van der Waals surface area (Å²) in [5.74, 6) is 0.241. The molecule has 0 unspecified atom stereocenters. The number of unbranched alkanes of at least 4 members (excludes halogenated alkanes) is 1. The molecule has 1 aromatic carbocycles. The maximum absolute atomic E-state index is 12.3. The lowest BCUT2D eigenvalue weighted by Crippen LogP contribution is -2.24. The highest BCUT2D eigenvalue weighted by Gasteiger charge is 2.39. The van der Waals surface area contributed by atoms with Gasteiger partial charge in [-0.25, -0.2) is 0 Å². The number of nitrogens with one attached hydrogen (secondary N) is 1. The van der Waals surface area contributed by atoms with Crippen LogP contribution in [0.3, 0.4) is 0 Å². The second-order valence-corrected chi connectivity index (χ2v) is 8.44. The number of carbonyl (C=O) groups is 2. The fourth-order valence-electron chi connectivity index (χ4n) is 3.81. The maximum atomic E-state index is 12.3. The molecule has 0 heterocycles. The van der Waals surface area contributed by atoms with Crippen LogP contribution in [0.4, 0.5) is 0 Å². The van der Waals surface area contributed by atoms with Crippen molar-refractivity contribution in [2.45, 2.75) is 63.2 Å². The predicted molar refractivity (Wildman–Crippen MR) is 118 cm³/mol. The first kappa shape index (κ1) is 23.2. The van der Waals surface area contributed by atoms with Gasteiger partial charge in [0.2, 0.25) is 5.91 Å². The third-order valence-corrected chi connectivity index (χ3v) is 5.73. The van der Waals surface area contributed by atoms with Gasteiger partial charge in [0.1, 0.15) is 24.2 Å². The van der Waals surface area contributed by atoms with Crippen LogP contribution < -0.4 is 10.1 Å². The highest BCUT2D eigenvalue weighted by molar-refractivity contribution is 5.84. The zero-order valence-electron chi connectivity index (χ0n) is 17.9. The van der Waals surface area contributed by atoms with Gasteiger partial charge < -0.3 is 20.3 Å². The Kier molecular flexibility index (Phi) is 8.85. The fraction of sp³-hybridized carbons (Fsp3) is 0.520. The van der Waals surface area contributed by atoms with Crippen LogP contribution in [0, 0.1) is 11.8 Å². The summed E-state index contributed by atoms with van der Waals surface area (Å²) in [4.78, 5) is 24.0. The molecule has 0 aliphatic heterocycles. The van der Waals surface area contributed by atoms with Crippen molar-refractivity contribution in [1.29, 1.82) is 0 Å². The molecule has 1 aromatic rings. The van der Waals surface area contributed by atoms with E-state index < -0.39 is 12.2 Å². The molecule has 6 nitrogen and oxygen atoms in total. The van der Waals surface area contributed by atoms with E-state index in [1.807, 2.05) is 42.5 Å². The molecule has 2 fully saturated rings. The van der Waals surface area contributed by atoms with Crippen LogP contribution in [-0.2, 0) is 9.59 Å². The number of hydrogen-bond acceptors (Lipinski definition) is 5. The highest BCUT2D eigenvalue weighted by atomic mass is 16.5. The summed E-state index contributed by atoms with van der Waals surface area (Å²) < 4.78 is 5.53. The molecule has 3 rings (SSSR count). The van der Waals surface area contributed by atoms with Crippen molar-refractivity contribution < 1.29 is 24.5 Å². The van der Waals surface area contributed by atoms with Crippen LogP contribution in [0.25, 0.3) is 0 Å². The van der Waals surface area contributed by atoms with Gasteiger partial charge in [-0.1, -0.05) is 42.5 Å². The van der Waals surface area contributed by atoms with E-state index in [1.54, 1.807) is 12.2 Å². The van der Waals surface area contributed by atoms with Gasteiger partial charge >= 0.3 is 0 Å². The molecular weight excluding hydrogens is 394 g/mol. The lowest BCUT2D eigenvalue weighted by atomic mass is 9.90. The van der Waals surface area contributed by atoms with E-state index in [2.05, 4.69) is 5.32 Å². The van der Waals surface area contributed by atoms with Gasteiger partial charge in [-0.05, 0) is 44.2 Å². The Morgan fingerprint density at radius 1 is 1.23 bits per heavy atom. The van der Waals surface area contributed by atoms with Crippen LogP contribution in [-0.4, -0.2) is 46.8 Å². The van der Waals surface area contributed by atoms with Crippen molar-refractivity contribution in [2.75, 3.05) is 6.61 Å². The quantitative estimate of drug-likeness (QED) is 0.352. The Morgan fingerprint density at radius 3 is 2.74 bits per heavy atom. The molecule has 0 spiro atoms. The molecule has 3 N–H and O–H groups in total. The zero-order valence-corrected chi connectivity index (χ0v) is 17.9. The minimum absolute atomic E-state index is 0.0469. The average molecular weight is 428 g/mol. The summed E-state index contributed by atoms with van der Waals surface area (Å²) in [5.41, 5.74) is 0. The van der Waals surface area contributed by atoms with Crippen LogP contribution in [0.5, 0.6) is 5.75 Å². The molecule has 0 saturated heterocycles. The molecule has 168 valence electrons. The molecule has 1 amide bonds. The van der Waals surface area contributed by atoms with Crippen molar-refractivity contribution >= 4 is 11.7 Å². The average Bonchev–Trinajstić information content (AvgIpc) is 3.52. The minimum atomic E-state index is -0.818. The standard InChI is InChI=1S/C25H33NO5/c27-19(17-31-20-8-4-3-5-9-20)14-15-22-21(23(28)16-24(22)29)10-6-1-2-7-11-25(30)26-18-12-13-18/h1,3-6,8-9,14-15,18-19,21-22,24,27,29H,2,7,10-13,16-17H2,(H,26,30)/b6-1-,15-14+/t19-,21-,22-,24-/m1/s1. The first-order valence-electron chi connectivity index (χ1n) is 11.2. The number of ketones is 1. The summed E-state index contributed by atoms with van der Waals surface area (Å²) in [5, 5.41) is 23.4. The molecule has 0 bridgehead atoms. The van der Waals surface area contributed by atoms with E-state index in [0.29, 0.717) is 24.6 Å². The molecule has 0 radical (unpaired) electrons. The molecule has 0 aromatic heterocycles. The second-order valence-electron chi connectivity index (χ2n) is 8.44. The van der Waals surface area contributed by atoms with Gasteiger partial charge in [-0.2, -0.15) is 0 Å². The number of hydrogen-bond donors (Lipinski definition) is 3. The van der Waals surface area contributed by atoms with Gasteiger partial charge in [-0.15, -0.1) is 0 Å². The number of aliphatic hydroxyl groups is 2. The molecular formula is C25H33NO5. The smallest absolute Gasteiger partial charge is 0.220 e. The minimum Gasteiger partial charge on any atom is -0.491 e. The van der Waals surface area contributed by atoms with Gasteiger partial charge in [0.25, 0.3) is 0 Å². The van der Waals surface area contributed by atoms with E-state index in [4.69, 9.17) is 4.74 Å². The van der Waals surface area contributed by atoms with E-state index >= 15 is 0 Å². The monoisotopic (exact) mass is 427 g/mol. The maximum Gasteiger partial charge on any atom is 0.220 e. The van der Waals surface area contributed by atoms with Gasteiger partial charge in [0, 0.05) is 30.7 Å². The van der Waals surface area contributed by atoms with Crippen molar-refractivity contribution in [3.05, 3.63) is 54.6 Å². The lowest BCUT2D eigenvalue weighted by molar-refractivity contribution is -0.122.